The highest BCUT2D eigenvalue weighted by atomic mass is 35.5. The molecule has 6 heteroatoms. The van der Waals surface area contributed by atoms with Crippen LogP contribution in [0.25, 0.3) is 11.3 Å². The lowest BCUT2D eigenvalue weighted by molar-refractivity contribution is 0.0589. The van der Waals surface area contributed by atoms with Crippen LogP contribution in [0.5, 0.6) is 0 Å². The van der Waals surface area contributed by atoms with Gasteiger partial charge in [0.1, 0.15) is 5.82 Å². The number of methoxy groups -OCH3 is 1. The second kappa shape index (κ2) is 4.55. The third-order valence-corrected chi connectivity index (χ3v) is 2.43. The fourth-order valence-electron chi connectivity index (χ4n) is 1.33. The summed E-state index contributed by atoms with van der Waals surface area (Å²) in [4.78, 5) is 11.2. The van der Waals surface area contributed by atoms with E-state index in [1.165, 1.54) is 31.4 Å². The van der Waals surface area contributed by atoms with Gasteiger partial charge in [-0.25, -0.2) is 9.18 Å². The number of nitrogens with zero attached hydrogens (tertiary/aromatic N) is 1. The van der Waals surface area contributed by atoms with Gasteiger partial charge in [-0.2, -0.15) is 0 Å². The van der Waals surface area contributed by atoms with Gasteiger partial charge in [-0.05, 0) is 12.1 Å². The van der Waals surface area contributed by atoms with E-state index >= 15 is 0 Å². The molecule has 17 heavy (non-hydrogen) atoms. The highest BCUT2D eigenvalue weighted by Crippen LogP contribution is 2.30. The van der Waals surface area contributed by atoms with Gasteiger partial charge in [0.05, 0.1) is 17.7 Å². The highest BCUT2D eigenvalue weighted by molar-refractivity contribution is 6.33. The molecule has 0 atom stereocenters. The monoisotopic (exact) mass is 255 g/mol. The van der Waals surface area contributed by atoms with Crippen molar-refractivity contribution in [2.24, 2.45) is 0 Å². The summed E-state index contributed by atoms with van der Waals surface area (Å²) in [5.41, 5.74) is 0.0265. The van der Waals surface area contributed by atoms with E-state index in [2.05, 4.69) is 9.89 Å². The first-order valence-electron chi connectivity index (χ1n) is 4.63. The first kappa shape index (κ1) is 11.6. The van der Waals surface area contributed by atoms with E-state index in [1.54, 1.807) is 0 Å². The Balaban J connectivity index is 2.47. The molecule has 0 fully saturated rings. The third-order valence-electron chi connectivity index (χ3n) is 2.11. The number of hydrogen-bond acceptors (Lipinski definition) is 4. The van der Waals surface area contributed by atoms with Gasteiger partial charge < -0.3 is 9.26 Å². The first-order valence-corrected chi connectivity index (χ1v) is 5.00. The highest BCUT2D eigenvalue weighted by Gasteiger charge is 2.18. The Labute approximate surface area is 101 Å². The SMILES string of the molecule is COC(=O)c1cc(-c2c(F)cccc2Cl)on1. The molecule has 0 bridgehead atoms. The van der Waals surface area contributed by atoms with E-state index < -0.39 is 11.8 Å². The number of carbonyl (C=O) groups excluding carboxylic acids is 1. The molecule has 0 amide bonds. The van der Waals surface area contributed by atoms with Crippen LogP contribution in [-0.2, 0) is 4.74 Å². The minimum absolute atomic E-state index is 0.0400. The molecule has 1 heterocycles. The minimum Gasteiger partial charge on any atom is -0.464 e. The number of ether oxygens (including phenoxy) is 1. The average molecular weight is 256 g/mol. The normalized spacial score (nSPS) is 10.3. The predicted molar refractivity (Wildman–Crippen MR) is 58.2 cm³/mol. The first-order chi connectivity index (χ1) is 8.13. The van der Waals surface area contributed by atoms with Gasteiger partial charge >= 0.3 is 5.97 Å². The molecule has 0 saturated heterocycles. The Morgan fingerprint density at radius 1 is 1.53 bits per heavy atom. The van der Waals surface area contributed by atoms with Crippen LogP contribution < -0.4 is 0 Å². The van der Waals surface area contributed by atoms with Crippen molar-refractivity contribution in [1.82, 2.24) is 5.16 Å². The number of carbonyl (C=O) groups is 1. The molecular weight excluding hydrogens is 249 g/mol. The fraction of sp³-hybridized carbons (Fsp3) is 0.0909. The lowest BCUT2D eigenvalue weighted by Crippen LogP contribution is -2.00. The number of benzene rings is 1. The summed E-state index contributed by atoms with van der Waals surface area (Å²) in [7, 11) is 1.22. The molecule has 1 aromatic carbocycles. The number of esters is 1. The summed E-state index contributed by atoms with van der Waals surface area (Å²) >= 11 is 5.84. The lowest BCUT2D eigenvalue weighted by Gasteiger charge is -1.99. The Morgan fingerprint density at radius 2 is 2.29 bits per heavy atom. The Hall–Kier alpha value is -1.88. The van der Waals surface area contributed by atoms with Crippen LogP contribution in [-0.4, -0.2) is 18.2 Å². The lowest BCUT2D eigenvalue weighted by atomic mass is 10.1. The molecule has 0 spiro atoms. The number of hydrogen-bond donors (Lipinski definition) is 0. The van der Waals surface area contributed by atoms with Gasteiger partial charge in [0, 0.05) is 6.07 Å². The molecule has 2 aromatic rings. The molecule has 2 rings (SSSR count). The Bertz CT molecular complexity index is 547. The summed E-state index contributed by atoms with van der Waals surface area (Å²) in [6, 6.07) is 5.50. The molecule has 4 nitrogen and oxygen atoms in total. The van der Waals surface area contributed by atoms with E-state index in [4.69, 9.17) is 16.1 Å². The van der Waals surface area contributed by atoms with E-state index in [0.717, 1.165) is 0 Å². The van der Waals surface area contributed by atoms with Crippen LogP contribution in [0.4, 0.5) is 4.39 Å². The van der Waals surface area contributed by atoms with Gasteiger partial charge in [0.2, 0.25) is 0 Å². The van der Waals surface area contributed by atoms with Crippen LogP contribution in [0.2, 0.25) is 5.02 Å². The maximum atomic E-state index is 13.5. The second-order valence-corrected chi connectivity index (χ2v) is 3.57. The van der Waals surface area contributed by atoms with Crippen molar-refractivity contribution >= 4 is 17.6 Å². The summed E-state index contributed by atoms with van der Waals surface area (Å²) in [6.45, 7) is 0. The topological polar surface area (TPSA) is 52.3 Å². The van der Waals surface area contributed by atoms with Crippen molar-refractivity contribution < 1.29 is 18.4 Å². The van der Waals surface area contributed by atoms with Gasteiger partial charge in [0.15, 0.2) is 11.5 Å². The third kappa shape index (κ3) is 2.14. The zero-order valence-corrected chi connectivity index (χ0v) is 9.49. The maximum Gasteiger partial charge on any atom is 0.360 e. The molecule has 0 N–H and O–H groups in total. The predicted octanol–water partition coefficient (Wildman–Crippen LogP) is 2.92. The Kier molecular flexibility index (Phi) is 3.10. The summed E-state index contributed by atoms with van der Waals surface area (Å²) in [5.74, 6) is -1.13. The van der Waals surface area contributed by atoms with E-state index in [-0.39, 0.29) is 22.0 Å². The van der Waals surface area contributed by atoms with Crippen LogP contribution >= 0.6 is 11.6 Å². The van der Waals surface area contributed by atoms with E-state index in [0.29, 0.717) is 0 Å². The smallest absolute Gasteiger partial charge is 0.360 e. The average Bonchev–Trinajstić information content (AvgIpc) is 2.77. The van der Waals surface area contributed by atoms with Crippen molar-refractivity contribution in [3.8, 4) is 11.3 Å². The molecule has 0 radical (unpaired) electrons. The number of aromatic nitrogens is 1. The van der Waals surface area contributed by atoms with Crippen LogP contribution in [0.3, 0.4) is 0 Å². The van der Waals surface area contributed by atoms with Gasteiger partial charge in [0.25, 0.3) is 0 Å². The minimum atomic E-state index is -0.660. The second-order valence-electron chi connectivity index (χ2n) is 3.16. The maximum absolute atomic E-state index is 13.5. The zero-order valence-electron chi connectivity index (χ0n) is 8.74. The van der Waals surface area contributed by atoms with Gasteiger partial charge in [-0.3, -0.25) is 0 Å². The zero-order chi connectivity index (χ0) is 12.4. The molecular formula is C11H7ClFNO3. The number of halogens is 2. The molecule has 0 aliphatic carbocycles. The summed E-state index contributed by atoms with van der Waals surface area (Å²) in [5, 5.41) is 3.65. The van der Waals surface area contributed by atoms with E-state index in [9.17, 15) is 9.18 Å². The van der Waals surface area contributed by atoms with Crippen molar-refractivity contribution in [3.63, 3.8) is 0 Å². The van der Waals surface area contributed by atoms with Gasteiger partial charge in [-0.1, -0.05) is 22.8 Å². The quantitative estimate of drug-likeness (QED) is 0.774. The number of rotatable bonds is 2. The summed E-state index contributed by atoms with van der Waals surface area (Å²) < 4.78 is 22.9. The largest absolute Gasteiger partial charge is 0.464 e. The van der Waals surface area contributed by atoms with Crippen molar-refractivity contribution in [2.45, 2.75) is 0 Å². The standard InChI is InChI=1S/C11H7ClFNO3/c1-16-11(15)8-5-9(17-14-8)10-6(12)3-2-4-7(10)13/h2-5H,1H3. The van der Waals surface area contributed by atoms with Gasteiger partial charge in [-0.15, -0.1) is 0 Å². The van der Waals surface area contributed by atoms with Crippen molar-refractivity contribution in [2.75, 3.05) is 7.11 Å². The fourth-order valence-corrected chi connectivity index (χ4v) is 1.58. The van der Waals surface area contributed by atoms with E-state index in [1.807, 2.05) is 0 Å². The molecule has 0 saturated carbocycles. The Morgan fingerprint density at radius 3 is 2.94 bits per heavy atom. The van der Waals surface area contributed by atoms with Crippen molar-refractivity contribution in [1.29, 1.82) is 0 Å². The van der Waals surface area contributed by atoms with Crippen LogP contribution in [0, 0.1) is 5.82 Å². The van der Waals surface area contributed by atoms with Crippen LogP contribution in [0.1, 0.15) is 10.5 Å². The van der Waals surface area contributed by atoms with Crippen LogP contribution in [0.15, 0.2) is 28.8 Å². The molecule has 0 unspecified atom stereocenters. The summed E-state index contributed by atoms with van der Waals surface area (Å²) in [6.07, 6.45) is 0. The molecule has 0 aliphatic heterocycles. The molecule has 1 aromatic heterocycles. The van der Waals surface area contributed by atoms with Crippen molar-refractivity contribution in [3.05, 3.63) is 40.8 Å². The molecule has 88 valence electrons. The molecule has 0 aliphatic rings.